The molecule has 34 heavy (non-hydrogen) atoms. The maximum absolute atomic E-state index is 13.3. The van der Waals surface area contributed by atoms with Crippen molar-refractivity contribution in [1.29, 1.82) is 0 Å². The molecule has 4 rings (SSSR count). The van der Waals surface area contributed by atoms with E-state index in [-0.39, 0.29) is 18.6 Å². The summed E-state index contributed by atoms with van der Waals surface area (Å²) >= 11 is 0. The summed E-state index contributed by atoms with van der Waals surface area (Å²) in [4.78, 5) is 40.8. The number of rotatable bonds is 9. The number of epoxide rings is 1. The second kappa shape index (κ2) is 10.8. The van der Waals surface area contributed by atoms with Crippen molar-refractivity contribution in [3.8, 4) is 0 Å². The predicted octanol–water partition coefficient (Wildman–Crippen LogP) is 2.55. The Kier molecular flexibility index (Phi) is 7.59. The van der Waals surface area contributed by atoms with Crippen LogP contribution in [0.4, 0.5) is 0 Å². The number of ether oxygens (including phenoxy) is 3. The second-order valence-electron chi connectivity index (χ2n) is 8.38. The summed E-state index contributed by atoms with van der Waals surface area (Å²) in [6, 6.07) is 17.0. The molecule has 0 aliphatic carbocycles. The van der Waals surface area contributed by atoms with Gasteiger partial charge >= 0.3 is 5.97 Å². The molecule has 2 aromatic rings. The van der Waals surface area contributed by atoms with Crippen LogP contribution in [0.25, 0.3) is 0 Å². The number of nitrogens with one attached hydrogen (secondary N) is 1. The number of carbonyl (C=O) groups excluding carboxylic acids is 3. The molecule has 0 aromatic heterocycles. The maximum Gasteiger partial charge on any atom is 0.331 e. The zero-order valence-corrected chi connectivity index (χ0v) is 19.4. The molecule has 2 amide bonds. The standard InChI is InChI=1S/C26H30N2O6/c1-3-33-26(31)20(21(32-2)17-11-6-4-7-12-17)27-24(29)19-15-10-16-28(19)25(30)23-22(34-23)18-13-8-5-9-14-18/h4-9,11-14,19-23H,3,10,15-16H2,1-2H3,(H,27,29)/t19-,20-,21-,22+,23+/m0/s1. The summed E-state index contributed by atoms with van der Waals surface area (Å²) in [6.07, 6.45) is -0.403. The van der Waals surface area contributed by atoms with E-state index in [1.807, 2.05) is 60.7 Å². The van der Waals surface area contributed by atoms with Gasteiger partial charge in [0.1, 0.15) is 18.2 Å². The number of nitrogens with zero attached hydrogens (tertiary/aromatic N) is 1. The zero-order chi connectivity index (χ0) is 24.1. The van der Waals surface area contributed by atoms with Crippen molar-refractivity contribution in [1.82, 2.24) is 10.2 Å². The Labute approximate surface area is 199 Å². The Hall–Kier alpha value is -3.23. The lowest BCUT2D eigenvalue weighted by Gasteiger charge is -2.29. The first kappa shape index (κ1) is 23.9. The van der Waals surface area contributed by atoms with E-state index in [4.69, 9.17) is 14.2 Å². The third-order valence-corrected chi connectivity index (χ3v) is 6.22. The van der Waals surface area contributed by atoms with Gasteiger partial charge in [-0.15, -0.1) is 0 Å². The molecule has 8 nitrogen and oxygen atoms in total. The Morgan fingerprint density at radius 2 is 1.76 bits per heavy atom. The number of amides is 2. The third kappa shape index (κ3) is 5.13. The van der Waals surface area contributed by atoms with Crippen molar-refractivity contribution >= 4 is 17.8 Å². The predicted molar refractivity (Wildman–Crippen MR) is 124 cm³/mol. The van der Waals surface area contributed by atoms with E-state index in [2.05, 4.69) is 5.32 Å². The number of benzene rings is 2. The van der Waals surface area contributed by atoms with Crippen LogP contribution in [-0.2, 0) is 28.6 Å². The lowest BCUT2D eigenvalue weighted by molar-refractivity contribution is -0.152. The third-order valence-electron chi connectivity index (χ3n) is 6.22. The highest BCUT2D eigenvalue weighted by Gasteiger charge is 2.50. The summed E-state index contributed by atoms with van der Waals surface area (Å²) in [7, 11) is 1.48. The van der Waals surface area contributed by atoms with E-state index in [0.29, 0.717) is 19.4 Å². The van der Waals surface area contributed by atoms with Gasteiger partial charge in [-0.3, -0.25) is 9.59 Å². The minimum atomic E-state index is -1.05. The Bertz CT molecular complexity index is 999. The van der Waals surface area contributed by atoms with Gasteiger partial charge in [0.15, 0.2) is 12.1 Å². The molecule has 8 heteroatoms. The fourth-order valence-corrected chi connectivity index (χ4v) is 4.51. The zero-order valence-electron chi connectivity index (χ0n) is 19.4. The van der Waals surface area contributed by atoms with Crippen LogP contribution in [0.5, 0.6) is 0 Å². The molecule has 1 N–H and O–H groups in total. The van der Waals surface area contributed by atoms with Crippen LogP contribution in [0.2, 0.25) is 0 Å². The van der Waals surface area contributed by atoms with Crippen molar-refractivity contribution < 1.29 is 28.6 Å². The van der Waals surface area contributed by atoms with Gasteiger partial charge in [0.25, 0.3) is 5.91 Å². The van der Waals surface area contributed by atoms with Crippen LogP contribution >= 0.6 is 0 Å². The van der Waals surface area contributed by atoms with Crippen molar-refractivity contribution in [2.75, 3.05) is 20.3 Å². The first-order chi connectivity index (χ1) is 16.5. The number of carbonyl (C=O) groups is 3. The summed E-state index contributed by atoms with van der Waals surface area (Å²) in [5.74, 6) is -1.19. The van der Waals surface area contributed by atoms with Gasteiger partial charge in [-0.25, -0.2) is 4.79 Å². The fourth-order valence-electron chi connectivity index (χ4n) is 4.51. The highest BCUT2D eigenvalue weighted by Crippen LogP contribution is 2.40. The number of methoxy groups -OCH3 is 1. The maximum atomic E-state index is 13.3. The molecule has 2 saturated heterocycles. The topological polar surface area (TPSA) is 97.5 Å². The van der Waals surface area contributed by atoms with E-state index in [0.717, 1.165) is 11.1 Å². The van der Waals surface area contributed by atoms with Crippen molar-refractivity contribution in [3.05, 3.63) is 71.8 Å². The Morgan fingerprint density at radius 1 is 1.09 bits per heavy atom. The first-order valence-electron chi connectivity index (χ1n) is 11.6. The molecule has 2 aliphatic heterocycles. The van der Waals surface area contributed by atoms with E-state index >= 15 is 0 Å². The highest BCUT2D eigenvalue weighted by molar-refractivity contribution is 5.93. The van der Waals surface area contributed by atoms with Gasteiger partial charge < -0.3 is 24.4 Å². The quantitative estimate of drug-likeness (QED) is 0.451. The monoisotopic (exact) mass is 466 g/mol. The molecule has 0 saturated carbocycles. The number of esters is 1. The Balaban J connectivity index is 1.47. The van der Waals surface area contributed by atoms with Crippen LogP contribution < -0.4 is 5.32 Å². The fraction of sp³-hybridized carbons (Fsp3) is 0.423. The summed E-state index contributed by atoms with van der Waals surface area (Å²) in [6.45, 7) is 2.34. The van der Waals surface area contributed by atoms with Gasteiger partial charge in [-0.1, -0.05) is 60.7 Å². The van der Waals surface area contributed by atoms with Gasteiger partial charge in [0.05, 0.1) is 6.61 Å². The normalized spacial score (nSPS) is 23.1. The Morgan fingerprint density at radius 3 is 2.41 bits per heavy atom. The van der Waals surface area contributed by atoms with Crippen molar-refractivity contribution in [3.63, 3.8) is 0 Å². The molecule has 2 aliphatic rings. The van der Waals surface area contributed by atoms with Gasteiger partial charge in [0, 0.05) is 13.7 Å². The molecule has 0 bridgehead atoms. The average Bonchev–Trinajstić information content (AvgIpc) is 3.52. The van der Waals surface area contributed by atoms with Crippen LogP contribution in [0.3, 0.4) is 0 Å². The van der Waals surface area contributed by atoms with E-state index < -0.39 is 36.2 Å². The summed E-state index contributed by atoms with van der Waals surface area (Å²) < 4.78 is 16.5. The van der Waals surface area contributed by atoms with Crippen molar-refractivity contribution in [2.45, 2.75) is 50.2 Å². The molecule has 2 fully saturated rings. The number of likely N-dealkylation sites (tertiary alicyclic amines) is 1. The molecule has 5 atom stereocenters. The average molecular weight is 467 g/mol. The largest absolute Gasteiger partial charge is 0.464 e. The molecule has 0 unspecified atom stereocenters. The van der Waals surface area contributed by atoms with Crippen LogP contribution in [-0.4, -0.2) is 61.1 Å². The number of hydrogen-bond acceptors (Lipinski definition) is 6. The molecule has 2 aromatic carbocycles. The molecule has 0 radical (unpaired) electrons. The van der Waals surface area contributed by atoms with Gasteiger partial charge in [-0.05, 0) is 30.9 Å². The van der Waals surface area contributed by atoms with Gasteiger partial charge in [-0.2, -0.15) is 0 Å². The van der Waals surface area contributed by atoms with Crippen molar-refractivity contribution in [2.24, 2.45) is 0 Å². The van der Waals surface area contributed by atoms with Gasteiger partial charge in [0.2, 0.25) is 5.91 Å². The summed E-state index contributed by atoms with van der Waals surface area (Å²) in [5, 5.41) is 2.81. The summed E-state index contributed by atoms with van der Waals surface area (Å²) in [5.41, 5.74) is 1.68. The lowest BCUT2D eigenvalue weighted by atomic mass is 10.0. The van der Waals surface area contributed by atoms with Crippen LogP contribution in [0.1, 0.15) is 43.1 Å². The second-order valence-corrected chi connectivity index (χ2v) is 8.38. The minimum Gasteiger partial charge on any atom is -0.464 e. The number of hydrogen-bond donors (Lipinski definition) is 1. The first-order valence-corrected chi connectivity index (χ1v) is 11.6. The minimum absolute atomic E-state index is 0.171. The lowest BCUT2D eigenvalue weighted by Crippen LogP contribution is -2.53. The van der Waals surface area contributed by atoms with Crippen LogP contribution in [0, 0.1) is 0 Å². The molecular formula is C26H30N2O6. The molecule has 0 spiro atoms. The van der Waals surface area contributed by atoms with Crippen LogP contribution in [0.15, 0.2) is 60.7 Å². The van der Waals surface area contributed by atoms with E-state index in [1.54, 1.807) is 11.8 Å². The molecule has 180 valence electrons. The molecule has 2 heterocycles. The molecular weight excluding hydrogens is 436 g/mol. The van der Waals surface area contributed by atoms with E-state index in [9.17, 15) is 14.4 Å². The highest BCUT2D eigenvalue weighted by atomic mass is 16.6. The van der Waals surface area contributed by atoms with E-state index in [1.165, 1.54) is 7.11 Å². The SMILES string of the molecule is CCOC(=O)[C@@H](NC(=O)[C@@H]1CCCN1C(=O)[C@@H]1O[C@@H]1c1ccccc1)[C@@H](OC)c1ccccc1. The smallest absolute Gasteiger partial charge is 0.331 e.